The lowest BCUT2D eigenvalue weighted by molar-refractivity contribution is -0.114. The van der Waals surface area contributed by atoms with Gasteiger partial charge in [0.25, 0.3) is 10.0 Å². The predicted molar refractivity (Wildman–Crippen MR) is 122 cm³/mol. The van der Waals surface area contributed by atoms with E-state index >= 15 is 0 Å². The molecule has 0 unspecified atom stereocenters. The molecule has 2 aromatic carbocycles. The van der Waals surface area contributed by atoms with E-state index in [1.807, 2.05) is 25.1 Å². The molecule has 0 saturated carbocycles. The predicted octanol–water partition coefficient (Wildman–Crippen LogP) is 4.78. The summed E-state index contributed by atoms with van der Waals surface area (Å²) in [5, 5.41) is 6.55. The van der Waals surface area contributed by atoms with Crippen LogP contribution in [0.3, 0.4) is 0 Å². The first-order valence-corrected chi connectivity index (χ1v) is 11.3. The normalized spacial score (nSPS) is 11.6. The number of carbonyl (C=O) groups is 1. The van der Waals surface area contributed by atoms with E-state index < -0.39 is 10.0 Å². The van der Waals surface area contributed by atoms with Crippen LogP contribution in [-0.2, 0) is 21.2 Å². The lowest BCUT2D eigenvalue weighted by Crippen LogP contribution is -2.14. The number of carbonyl (C=O) groups excluding carboxylic acids is 1. The molecule has 0 aliphatic rings. The number of aryl methyl sites for hydroxylation is 3. The average Bonchev–Trinajstić information content (AvgIpc) is 3.06. The Morgan fingerprint density at radius 1 is 1.10 bits per heavy atom. The molecule has 162 valence electrons. The van der Waals surface area contributed by atoms with Gasteiger partial charge < -0.3 is 9.84 Å². The number of amides is 1. The third kappa shape index (κ3) is 5.40. The molecule has 0 aliphatic carbocycles. The maximum Gasteiger partial charge on any atom is 0.262 e. The van der Waals surface area contributed by atoms with Crippen molar-refractivity contribution >= 4 is 39.5 Å². The minimum atomic E-state index is -3.77. The smallest absolute Gasteiger partial charge is 0.262 e. The number of rotatable bonds is 7. The van der Waals surface area contributed by atoms with E-state index in [0.717, 1.165) is 12.0 Å². The zero-order valence-electron chi connectivity index (χ0n) is 17.9. The molecule has 3 aromatic rings. The minimum absolute atomic E-state index is 0.185. The van der Waals surface area contributed by atoms with Crippen LogP contribution in [0.1, 0.15) is 42.0 Å². The van der Waals surface area contributed by atoms with Gasteiger partial charge in [0.05, 0.1) is 4.90 Å². The van der Waals surface area contributed by atoms with E-state index in [4.69, 9.17) is 4.52 Å². The topological polar surface area (TPSA) is 101 Å². The highest BCUT2D eigenvalue weighted by Crippen LogP contribution is 2.25. The summed E-state index contributed by atoms with van der Waals surface area (Å²) in [6.45, 7) is 6.92. The summed E-state index contributed by atoms with van der Waals surface area (Å²) in [5.74, 6) is 0.148. The lowest BCUT2D eigenvalue weighted by Gasteiger charge is -2.11. The zero-order chi connectivity index (χ0) is 22.6. The molecule has 0 radical (unpaired) electrons. The van der Waals surface area contributed by atoms with E-state index in [9.17, 15) is 13.2 Å². The third-order valence-electron chi connectivity index (χ3n) is 4.73. The van der Waals surface area contributed by atoms with Crippen LogP contribution >= 0.6 is 0 Å². The van der Waals surface area contributed by atoms with Crippen molar-refractivity contribution in [1.29, 1.82) is 0 Å². The number of benzene rings is 2. The van der Waals surface area contributed by atoms with Crippen LogP contribution in [0.15, 0.2) is 51.9 Å². The van der Waals surface area contributed by atoms with Crippen LogP contribution in [0.5, 0.6) is 0 Å². The van der Waals surface area contributed by atoms with Gasteiger partial charge >= 0.3 is 0 Å². The Balaban J connectivity index is 1.87. The number of nitrogens with zero attached hydrogens (tertiary/aromatic N) is 1. The van der Waals surface area contributed by atoms with E-state index in [1.165, 1.54) is 6.92 Å². The fourth-order valence-corrected chi connectivity index (χ4v) is 4.37. The number of hydrogen-bond acceptors (Lipinski definition) is 5. The van der Waals surface area contributed by atoms with Crippen molar-refractivity contribution in [3.63, 3.8) is 0 Å². The maximum atomic E-state index is 13.0. The molecule has 1 amide bonds. The van der Waals surface area contributed by atoms with Gasteiger partial charge in [-0.2, -0.15) is 0 Å². The summed E-state index contributed by atoms with van der Waals surface area (Å²) >= 11 is 0. The lowest BCUT2D eigenvalue weighted by atomic mass is 10.1. The van der Waals surface area contributed by atoms with Crippen molar-refractivity contribution in [2.45, 2.75) is 39.0 Å². The summed E-state index contributed by atoms with van der Waals surface area (Å²) in [6, 6.07) is 12.5. The van der Waals surface area contributed by atoms with Crippen molar-refractivity contribution in [2.24, 2.45) is 0 Å². The highest BCUT2D eigenvalue weighted by Gasteiger charge is 2.18. The largest absolute Gasteiger partial charge is 0.354 e. The van der Waals surface area contributed by atoms with Crippen LogP contribution < -0.4 is 10.0 Å². The van der Waals surface area contributed by atoms with E-state index in [0.29, 0.717) is 34.0 Å². The Morgan fingerprint density at radius 3 is 2.45 bits per heavy atom. The quantitative estimate of drug-likeness (QED) is 0.551. The molecule has 0 saturated heterocycles. The van der Waals surface area contributed by atoms with Crippen LogP contribution in [0.25, 0.3) is 12.2 Å². The van der Waals surface area contributed by atoms with E-state index in [2.05, 4.69) is 15.2 Å². The molecule has 7 nitrogen and oxygen atoms in total. The molecule has 1 heterocycles. The third-order valence-corrected chi connectivity index (χ3v) is 6.26. The SMILES string of the molecule is CCc1ccc(NS(=O)(=O)c2cc(/C=C\c3onc(C)c3NC(C)=O)ccc2C)cc1. The molecule has 2 N–H and O–H groups in total. The summed E-state index contributed by atoms with van der Waals surface area (Å²) < 4.78 is 33.8. The molecule has 3 rings (SSSR count). The van der Waals surface area contributed by atoms with Crippen molar-refractivity contribution in [1.82, 2.24) is 5.16 Å². The summed E-state index contributed by atoms with van der Waals surface area (Å²) in [5.41, 5.74) is 3.97. The number of anilines is 2. The zero-order valence-corrected chi connectivity index (χ0v) is 18.7. The second kappa shape index (κ2) is 9.18. The van der Waals surface area contributed by atoms with Crippen LogP contribution in [-0.4, -0.2) is 19.5 Å². The van der Waals surface area contributed by atoms with Gasteiger partial charge in [-0.15, -0.1) is 0 Å². The van der Waals surface area contributed by atoms with Crippen molar-refractivity contribution in [2.75, 3.05) is 10.0 Å². The van der Waals surface area contributed by atoms with Crippen molar-refractivity contribution < 1.29 is 17.7 Å². The number of hydrogen-bond donors (Lipinski definition) is 2. The van der Waals surface area contributed by atoms with Gasteiger partial charge in [0.1, 0.15) is 11.4 Å². The molecule has 0 spiro atoms. The summed E-state index contributed by atoms with van der Waals surface area (Å²) in [4.78, 5) is 11.6. The number of nitrogens with one attached hydrogen (secondary N) is 2. The fraction of sp³-hybridized carbons (Fsp3) is 0.217. The van der Waals surface area contributed by atoms with E-state index in [-0.39, 0.29) is 10.8 Å². The van der Waals surface area contributed by atoms with Gasteiger partial charge in [0, 0.05) is 12.6 Å². The van der Waals surface area contributed by atoms with Gasteiger partial charge in [0.15, 0.2) is 5.76 Å². The second-order valence-corrected chi connectivity index (χ2v) is 8.85. The van der Waals surface area contributed by atoms with Gasteiger partial charge in [-0.3, -0.25) is 9.52 Å². The Labute approximate surface area is 182 Å². The molecule has 0 aliphatic heterocycles. The molecule has 0 bridgehead atoms. The summed E-state index contributed by atoms with van der Waals surface area (Å²) in [6.07, 6.45) is 4.23. The fourth-order valence-electron chi connectivity index (χ4n) is 3.03. The molecule has 0 fully saturated rings. The first kappa shape index (κ1) is 22.3. The Bertz CT molecular complexity index is 1230. The Hall–Kier alpha value is -3.39. The summed E-state index contributed by atoms with van der Waals surface area (Å²) in [7, 11) is -3.77. The van der Waals surface area contributed by atoms with Crippen LogP contribution in [0.2, 0.25) is 0 Å². The second-order valence-electron chi connectivity index (χ2n) is 7.20. The monoisotopic (exact) mass is 439 g/mol. The van der Waals surface area contributed by atoms with Crippen molar-refractivity contribution in [3.8, 4) is 0 Å². The van der Waals surface area contributed by atoms with Gasteiger partial charge in [-0.05, 0) is 61.2 Å². The molecule has 31 heavy (non-hydrogen) atoms. The molecule has 1 aromatic heterocycles. The van der Waals surface area contributed by atoms with Crippen LogP contribution in [0, 0.1) is 13.8 Å². The highest BCUT2D eigenvalue weighted by molar-refractivity contribution is 7.92. The Morgan fingerprint density at radius 2 is 1.81 bits per heavy atom. The van der Waals surface area contributed by atoms with Gasteiger partial charge in [0.2, 0.25) is 5.91 Å². The number of aromatic nitrogens is 1. The molecular formula is C23H25N3O4S. The highest BCUT2D eigenvalue weighted by atomic mass is 32.2. The minimum Gasteiger partial charge on any atom is -0.354 e. The first-order chi connectivity index (χ1) is 14.7. The van der Waals surface area contributed by atoms with Gasteiger partial charge in [-0.25, -0.2) is 8.42 Å². The standard InChI is InChI=1S/C23H25N3O4S/c1-5-18-8-11-20(12-9-18)26-31(28,29)22-14-19(7-6-15(22)2)10-13-21-23(24-17(4)27)16(3)25-30-21/h6-14,26H,5H2,1-4H3,(H,24,27)/b13-10-. The maximum absolute atomic E-state index is 13.0. The van der Waals surface area contributed by atoms with E-state index in [1.54, 1.807) is 50.3 Å². The molecule has 0 atom stereocenters. The van der Waals surface area contributed by atoms with Crippen molar-refractivity contribution in [3.05, 3.63) is 70.6 Å². The first-order valence-electron chi connectivity index (χ1n) is 9.84. The number of sulfonamides is 1. The average molecular weight is 440 g/mol. The van der Waals surface area contributed by atoms with Crippen LogP contribution in [0.4, 0.5) is 11.4 Å². The molecular weight excluding hydrogens is 414 g/mol. The van der Waals surface area contributed by atoms with Gasteiger partial charge in [-0.1, -0.05) is 42.4 Å². The molecule has 8 heteroatoms. The Kier molecular flexibility index (Phi) is 6.60.